The van der Waals surface area contributed by atoms with Crippen LogP contribution in [0.15, 0.2) is 44.0 Å². The third-order valence-electron chi connectivity index (χ3n) is 3.54. The van der Waals surface area contributed by atoms with E-state index < -0.39 is 11.6 Å². The van der Waals surface area contributed by atoms with Crippen molar-refractivity contribution in [2.24, 2.45) is 0 Å². The fraction of sp³-hybridized carbons (Fsp3) is 0.188. The predicted molar refractivity (Wildman–Crippen MR) is 86.8 cm³/mol. The van der Waals surface area contributed by atoms with Crippen molar-refractivity contribution in [3.63, 3.8) is 0 Å². The number of hydrogen-bond acceptors (Lipinski definition) is 4. The summed E-state index contributed by atoms with van der Waals surface area (Å²) in [5, 5.41) is 0. The van der Waals surface area contributed by atoms with Crippen molar-refractivity contribution in [3.8, 4) is 11.5 Å². The van der Waals surface area contributed by atoms with Gasteiger partial charge in [0.05, 0.1) is 25.2 Å². The molecule has 0 N–H and O–H groups in total. The second kappa shape index (κ2) is 6.08. The number of ether oxygens (including phenoxy) is 2. The highest BCUT2D eigenvalue weighted by atomic mass is 79.9. The van der Waals surface area contributed by atoms with Crippen LogP contribution in [0.4, 0.5) is 4.39 Å². The van der Waals surface area contributed by atoms with Crippen molar-refractivity contribution >= 4 is 27.0 Å². The zero-order chi connectivity index (χ0) is 16.6. The molecule has 7 heteroatoms. The summed E-state index contributed by atoms with van der Waals surface area (Å²) in [5.74, 6) is 0.000582. The van der Waals surface area contributed by atoms with Crippen molar-refractivity contribution in [1.29, 1.82) is 0 Å². The molecule has 3 rings (SSSR count). The van der Waals surface area contributed by atoms with Crippen LogP contribution in [-0.4, -0.2) is 18.8 Å². The van der Waals surface area contributed by atoms with Crippen LogP contribution in [0.2, 0.25) is 0 Å². The first kappa shape index (κ1) is 15.6. The van der Waals surface area contributed by atoms with Crippen LogP contribution in [0.5, 0.6) is 11.5 Å². The monoisotopic (exact) mass is 381 g/mol. The summed E-state index contributed by atoms with van der Waals surface area (Å²) in [5.41, 5.74) is 1.02. The number of oxazole rings is 1. The molecule has 0 saturated carbocycles. The topological polar surface area (TPSA) is 53.6 Å². The van der Waals surface area contributed by atoms with Gasteiger partial charge in [-0.15, -0.1) is 0 Å². The molecule has 5 nitrogen and oxygen atoms in total. The first-order chi connectivity index (χ1) is 11.0. The van der Waals surface area contributed by atoms with E-state index in [4.69, 9.17) is 13.9 Å². The van der Waals surface area contributed by atoms with E-state index in [0.29, 0.717) is 17.1 Å². The Morgan fingerprint density at radius 2 is 2.00 bits per heavy atom. The molecule has 0 unspecified atom stereocenters. The number of aromatic nitrogens is 1. The molecular formula is C16H13BrFNO4. The van der Waals surface area contributed by atoms with Crippen LogP contribution in [0.1, 0.15) is 5.56 Å². The predicted octanol–water partition coefficient (Wildman–Crippen LogP) is 3.56. The Labute approximate surface area is 139 Å². The van der Waals surface area contributed by atoms with Gasteiger partial charge in [-0.1, -0.05) is 0 Å². The number of nitrogens with zero attached hydrogens (tertiary/aromatic N) is 1. The number of benzene rings is 2. The maximum absolute atomic E-state index is 14.4. The largest absolute Gasteiger partial charge is 0.497 e. The second-order valence-corrected chi connectivity index (χ2v) is 5.69. The van der Waals surface area contributed by atoms with E-state index in [-0.39, 0.29) is 22.1 Å². The van der Waals surface area contributed by atoms with Crippen LogP contribution < -0.4 is 15.2 Å². The van der Waals surface area contributed by atoms with Crippen LogP contribution >= 0.6 is 15.9 Å². The molecule has 120 valence electrons. The van der Waals surface area contributed by atoms with Gasteiger partial charge in [-0.3, -0.25) is 4.57 Å². The Kier molecular flexibility index (Phi) is 4.12. The summed E-state index contributed by atoms with van der Waals surface area (Å²) in [7, 11) is 3.07. The van der Waals surface area contributed by atoms with E-state index in [9.17, 15) is 9.18 Å². The van der Waals surface area contributed by atoms with E-state index in [1.54, 1.807) is 31.4 Å². The number of halogens is 2. The van der Waals surface area contributed by atoms with Crippen LogP contribution in [0.25, 0.3) is 11.1 Å². The van der Waals surface area contributed by atoms with Crippen LogP contribution in [0.3, 0.4) is 0 Å². The molecule has 2 aromatic carbocycles. The summed E-state index contributed by atoms with van der Waals surface area (Å²) in [4.78, 5) is 12.1. The maximum Gasteiger partial charge on any atom is 0.420 e. The summed E-state index contributed by atoms with van der Waals surface area (Å²) in [6, 6.07) is 8.26. The lowest BCUT2D eigenvalue weighted by Crippen LogP contribution is -2.16. The molecule has 0 aliphatic rings. The first-order valence-corrected chi connectivity index (χ1v) is 7.52. The Morgan fingerprint density at radius 3 is 2.70 bits per heavy atom. The number of rotatable bonds is 4. The van der Waals surface area contributed by atoms with Crippen molar-refractivity contribution < 1.29 is 18.3 Å². The highest BCUT2D eigenvalue weighted by Gasteiger charge is 2.17. The van der Waals surface area contributed by atoms with E-state index in [1.165, 1.54) is 17.7 Å². The number of fused-ring (bicyclic) bond motifs is 1. The van der Waals surface area contributed by atoms with Crippen molar-refractivity contribution in [2.75, 3.05) is 14.2 Å². The van der Waals surface area contributed by atoms with Gasteiger partial charge in [-0.2, -0.15) is 0 Å². The molecule has 1 aromatic heterocycles. The molecule has 0 atom stereocenters. The smallest absolute Gasteiger partial charge is 0.420 e. The highest BCUT2D eigenvalue weighted by Crippen LogP contribution is 2.28. The SMILES string of the molecule is COc1ccc(Cn2c(=O)oc3ccc(Br)c(F)c32)c(OC)c1. The summed E-state index contributed by atoms with van der Waals surface area (Å²) >= 11 is 3.12. The molecule has 23 heavy (non-hydrogen) atoms. The van der Waals surface area contributed by atoms with Gasteiger partial charge in [0, 0.05) is 11.6 Å². The van der Waals surface area contributed by atoms with Crippen LogP contribution in [-0.2, 0) is 6.54 Å². The molecular weight excluding hydrogens is 369 g/mol. The average molecular weight is 382 g/mol. The third-order valence-corrected chi connectivity index (χ3v) is 4.15. The molecule has 0 radical (unpaired) electrons. The first-order valence-electron chi connectivity index (χ1n) is 6.73. The normalized spacial score (nSPS) is 11.0. The molecule has 0 bridgehead atoms. The van der Waals surface area contributed by atoms with E-state index >= 15 is 0 Å². The van der Waals surface area contributed by atoms with E-state index in [2.05, 4.69) is 15.9 Å². The molecule has 3 aromatic rings. The zero-order valence-electron chi connectivity index (χ0n) is 12.4. The number of methoxy groups -OCH3 is 2. The molecule has 0 spiro atoms. The quantitative estimate of drug-likeness (QED) is 0.693. The second-order valence-electron chi connectivity index (χ2n) is 4.84. The summed E-state index contributed by atoms with van der Waals surface area (Å²) < 4.78 is 31.4. The fourth-order valence-electron chi connectivity index (χ4n) is 2.39. The standard InChI is InChI=1S/C16H13BrFNO4/c1-21-10-4-3-9(13(7-10)22-2)8-19-15-12(23-16(19)20)6-5-11(17)14(15)18/h3-7H,8H2,1-2H3. The third kappa shape index (κ3) is 2.72. The number of hydrogen-bond donors (Lipinski definition) is 0. The minimum atomic E-state index is -0.630. The van der Waals surface area contributed by atoms with Crippen LogP contribution in [0, 0.1) is 5.82 Å². The minimum Gasteiger partial charge on any atom is -0.497 e. The molecule has 0 aliphatic heterocycles. The zero-order valence-corrected chi connectivity index (χ0v) is 14.0. The summed E-state index contributed by atoms with van der Waals surface area (Å²) in [6.07, 6.45) is 0. The Hall–Kier alpha value is -2.28. The van der Waals surface area contributed by atoms with Crippen molar-refractivity contribution in [2.45, 2.75) is 6.54 Å². The van der Waals surface area contributed by atoms with Crippen molar-refractivity contribution in [1.82, 2.24) is 4.57 Å². The maximum atomic E-state index is 14.4. The fourth-order valence-corrected chi connectivity index (χ4v) is 2.71. The van der Waals surface area contributed by atoms with Gasteiger partial charge in [-0.05, 0) is 40.2 Å². The molecule has 1 heterocycles. The average Bonchev–Trinajstić information content (AvgIpc) is 2.88. The van der Waals surface area contributed by atoms with Gasteiger partial charge in [0.2, 0.25) is 0 Å². The Morgan fingerprint density at radius 1 is 1.22 bits per heavy atom. The Bertz CT molecular complexity index is 932. The minimum absolute atomic E-state index is 0.113. The molecule has 0 fully saturated rings. The lowest BCUT2D eigenvalue weighted by atomic mass is 10.2. The highest BCUT2D eigenvalue weighted by molar-refractivity contribution is 9.10. The van der Waals surface area contributed by atoms with Gasteiger partial charge >= 0.3 is 5.76 Å². The lowest BCUT2D eigenvalue weighted by molar-refractivity contribution is 0.389. The lowest BCUT2D eigenvalue weighted by Gasteiger charge is -2.11. The van der Waals surface area contributed by atoms with Gasteiger partial charge < -0.3 is 13.9 Å². The van der Waals surface area contributed by atoms with E-state index in [1.807, 2.05) is 0 Å². The van der Waals surface area contributed by atoms with Gasteiger partial charge in [-0.25, -0.2) is 9.18 Å². The summed E-state index contributed by atoms with van der Waals surface area (Å²) in [6.45, 7) is 0.117. The van der Waals surface area contributed by atoms with Gasteiger partial charge in [0.1, 0.15) is 17.0 Å². The van der Waals surface area contributed by atoms with Crippen molar-refractivity contribution in [3.05, 3.63) is 56.7 Å². The molecule has 0 saturated heterocycles. The molecule has 0 aliphatic carbocycles. The van der Waals surface area contributed by atoms with Gasteiger partial charge in [0.25, 0.3) is 0 Å². The van der Waals surface area contributed by atoms with Gasteiger partial charge in [0.15, 0.2) is 11.4 Å². The Balaban J connectivity index is 2.14. The molecule has 0 amide bonds. The van der Waals surface area contributed by atoms with E-state index in [0.717, 1.165) is 0 Å².